The topological polar surface area (TPSA) is 81.8 Å². The molecular formula is C20H32N4O3. The highest BCUT2D eigenvalue weighted by Gasteiger charge is 2.48. The molecule has 27 heavy (non-hydrogen) atoms. The van der Waals surface area contributed by atoms with Gasteiger partial charge < -0.3 is 20.4 Å². The van der Waals surface area contributed by atoms with Gasteiger partial charge in [0.15, 0.2) is 0 Å². The first-order valence-corrected chi connectivity index (χ1v) is 10.5. The average molecular weight is 377 g/mol. The summed E-state index contributed by atoms with van der Waals surface area (Å²) in [6.07, 6.45) is 6.42. The van der Waals surface area contributed by atoms with Crippen LogP contribution in [0.25, 0.3) is 0 Å². The molecule has 3 amide bonds. The summed E-state index contributed by atoms with van der Waals surface area (Å²) >= 11 is 0. The van der Waals surface area contributed by atoms with Crippen LogP contribution in [0.4, 0.5) is 0 Å². The number of rotatable bonds is 3. The van der Waals surface area contributed by atoms with E-state index in [9.17, 15) is 14.4 Å². The van der Waals surface area contributed by atoms with Crippen LogP contribution in [0, 0.1) is 17.3 Å². The van der Waals surface area contributed by atoms with Crippen LogP contribution in [0.5, 0.6) is 0 Å². The average Bonchev–Trinajstić information content (AvgIpc) is 3.07. The van der Waals surface area contributed by atoms with Gasteiger partial charge in [-0.3, -0.25) is 14.4 Å². The first kappa shape index (κ1) is 18.7. The minimum Gasteiger partial charge on any atom is -0.355 e. The molecule has 1 spiro atoms. The normalized spacial score (nSPS) is 29.4. The van der Waals surface area contributed by atoms with Crippen LogP contribution in [0.2, 0.25) is 0 Å². The van der Waals surface area contributed by atoms with Crippen molar-refractivity contribution in [3.05, 3.63) is 0 Å². The van der Waals surface area contributed by atoms with E-state index in [-0.39, 0.29) is 35.1 Å². The van der Waals surface area contributed by atoms with Crippen molar-refractivity contribution < 1.29 is 14.4 Å². The maximum Gasteiger partial charge on any atom is 0.225 e. The number of carbonyl (C=O) groups excluding carboxylic acids is 3. The lowest BCUT2D eigenvalue weighted by molar-refractivity contribution is -0.152. The Morgan fingerprint density at radius 1 is 1.07 bits per heavy atom. The van der Waals surface area contributed by atoms with Gasteiger partial charge in [-0.05, 0) is 58.7 Å². The summed E-state index contributed by atoms with van der Waals surface area (Å²) in [5.41, 5.74) is 0.285. The summed E-state index contributed by atoms with van der Waals surface area (Å²) in [4.78, 5) is 40.6. The lowest BCUT2D eigenvalue weighted by Gasteiger charge is -2.54. The smallest absolute Gasteiger partial charge is 0.225 e. The van der Waals surface area contributed by atoms with Crippen molar-refractivity contribution in [3.63, 3.8) is 0 Å². The highest BCUT2D eigenvalue weighted by Crippen LogP contribution is 2.44. The summed E-state index contributed by atoms with van der Waals surface area (Å²) in [5.74, 6) is 0.364. The maximum atomic E-state index is 12.7. The fourth-order valence-corrected chi connectivity index (χ4v) is 5.23. The molecule has 0 radical (unpaired) electrons. The van der Waals surface area contributed by atoms with Gasteiger partial charge in [0.05, 0.1) is 5.92 Å². The molecule has 3 aliphatic heterocycles. The summed E-state index contributed by atoms with van der Waals surface area (Å²) < 4.78 is 0. The summed E-state index contributed by atoms with van der Waals surface area (Å²) in [6.45, 7) is 4.33. The molecule has 2 N–H and O–H groups in total. The molecule has 0 aromatic rings. The third-order valence-electron chi connectivity index (χ3n) is 7.17. The quantitative estimate of drug-likeness (QED) is 0.745. The van der Waals surface area contributed by atoms with Gasteiger partial charge in [0.2, 0.25) is 17.7 Å². The number of carbonyl (C=O) groups is 3. The van der Waals surface area contributed by atoms with Crippen molar-refractivity contribution >= 4 is 17.7 Å². The number of hydrogen-bond acceptors (Lipinski definition) is 4. The Morgan fingerprint density at radius 3 is 2.33 bits per heavy atom. The zero-order valence-electron chi connectivity index (χ0n) is 16.3. The molecule has 4 aliphatic rings. The van der Waals surface area contributed by atoms with Crippen LogP contribution in [0.1, 0.15) is 44.9 Å². The number of likely N-dealkylation sites (tertiary alicyclic amines) is 2. The van der Waals surface area contributed by atoms with E-state index in [0.29, 0.717) is 18.9 Å². The van der Waals surface area contributed by atoms with Gasteiger partial charge in [0, 0.05) is 43.4 Å². The molecular weight excluding hydrogens is 344 g/mol. The van der Waals surface area contributed by atoms with Gasteiger partial charge in [-0.25, -0.2) is 0 Å². The molecule has 3 saturated heterocycles. The number of amides is 3. The first-order chi connectivity index (χ1) is 12.9. The molecule has 0 aromatic heterocycles. The van der Waals surface area contributed by atoms with Crippen molar-refractivity contribution in [2.45, 2.75) is 51.0 Å². The van der Waals surface area contributed by atoms with Gasteiger partial charge in [-0.1, -0.05) is 0 Å². The second-order valence-corrected chi connectivity index (χ2v) is 9.26. The van der Waals surface area contributed by atoms with Gasteiger partial charge >= 0.3 is 0 Å². The Hall–Kier alpha value is -1.63. The maximum absolute atomic E-state index is 12.7. The fourth-order valence-electron chi connectivity index (χ4n) is 5.23. The lowest BCUT2D eigenvalue weighted by Crippen LogP contribution is -2.62. The Bertz CT molecular complexity index is 598. The molecule has 7 nitrogen and oxygen atoms in total. The molecule has 0 bridgehead atoms. The van der Waals surface area contributed by atoms with Gasteiger partial charge in [0.25, 0.3) is 0 Å². The van der Waals surface area contributed by atoms with E-state index in [2.05, 4.69) is 27.5 Å². The Morgan fingerprint density at radius 2 is 1.74 bits per heavy atom. The Labute approximate surface area is 161 Å². The van der Waals surface area contributed by atoms with Crippen LogP contribution in [-0.2, 0) is 14.4 Å². The summed E-state index contributed by atoms with van der Waals surface area (Å²) in [6, 6.07) is 0.220. The first-order valence-electron chi connectivity index (χ1n) is 10.5. The largest absolute Gasteiger partial charge is 0.355 e. The molecule has 4 fully saturated rings. The van der Waals surface area contributed by atoms with Crippen LogP contribution < -0.4 is 10.6 Å². The molecule has 7 heteroatoms. The molecule has 4 rings (SSSR count). The number of nitrogens with one attached hydrogen (secondary N) is 2. The predicted molar refractivity (Wildman–Crippen MR) is 101 cm³/mol. The monoisotopic (exact) mass is 376 g/mol. The highest BCUT2D eigenvalue weighted by molar-refractivity contribution is 5.89. The molecule has 3 heterocycles. The van der Waals surface area contributed by atoms with E-state index >= 15 is 0 Å². The van der Waals surface area contributed by atoms with Crippen molar-refractivity contribution in [1.82, 2.24) is 20.4 Å². The second-order valence-electron chi connectivity index (χ2n) is 9.26. The zero-order chi connectivity index (χ0) is 19.0. The SMILES string of the molecule is CN1CCC(C(=O)N2CC3(CCC(NC(=O)C4CNC(=O)C4)CC3)C2)CC1. The second kappa shape index (κ2) is 7.41. The van der Waals surface area contributed by atoms with E-state index in [1.165, 1.54) is 0 Å². The molecule has 150 valence electrons. The van der Waals surface area contributed by atoms with E-state index in [1.54, 1.807) is 0 Å². The molecule has 1 aliphatic carbocycles. The van der Waals surface area contributed by atoms with Crippen LogP contribution in [-0.4, -0.2) is 73.3 Å². The molecule has 1 unspecified atom stereocenters. The van der Waals surface area contributed by atoms with E-state index < -0.39 is 0 Å². The van der Waals surface area contributed by atoms with Gasteiger partial charge in [-0.2, -0.15) is 0 Å². The highest BCUT2D eigenvalue weighted by atomic mass is 16.2. The van der Waals surface area contributed by atoms with Gasteiger partial charge in [-0.15, -0.1) is 0 Å². The van der Waals surface area contributed by atoms with Crippen molar-refractivity contribution in [2.75, 3.05) is 39.8 Å². The van der Waals surface area contributed by atoms with Crippen LogP contribution in [0.15, 0.2) is 0 Å². The molecule has 1 saturated carbocycles. The van der Waals surface area contributed by atoms with Crippen LogP contribution >= 0.6 is 0 Å². The standard InChI is InChI=1S/C20H32N4O3/c1-23-8-4-14(5-9-23)19(27)24-12-20(13-24)6-2-16(3-7-20)22-18(26)15-10-17(25)21-11-15/h14-16H,2-13H2,1H3,(H,21,25)(H,22,26). The summed E-state index contributed by atoms with van der Waals surface area (Å²) in [7, 11) is 2.12. The fraction of sp³-hybridized carbons (Fsp3) is 0.850. The van der Waals surface area contributed by atoms with E-state index in [0.717, 1.165) is 64.7 Å². The van der Waals surface area contributed by atoms with Crippen LogP contribution in [0.3, 0.4) is 0 Å². The minimum absolute atomic E-state index is 0.0157. The third kappa shape index (κ3) is 3.98. The predicted octanol–water partition coefficient (Wildman–Crippen LogP) is 0.352. The Kier molecular flexibility index (Phi) is 5.14. The van der Waals surface area contributed by atoms with E-state index in [4.69, 9.17) is 0 Å². The number of nitrogens with zero attached hydrogens (tertiary/aromatic N) is 2. The Balaban J connectivity index is 1.19. The van der Waals surface area contributed by atoms with Gasteiger partial charge in [0.1, 0.15) is 0 Å². The van der Waals surface area contributed by atoms with E-state index in [1.807, 2.05) is 0 Å². The minimum atomic E-state index is -0.209. The van der Waals surface area contributed by atoms with Crippen molar-refractivity contribution in [2.24, 2.45) is 17.3 Å². The molecule has 0 aromatic carbocycles. The van der Waals surface area contributed by atoms with Crippen molar-refractivity contribution in [1.29, 1.82) is 0 Å². The molecule has 1 atom stereocenters. The summed E-state index contributed by atoms with van der Waals surface area (Å²) in [5, 5.41) is 5.86. The lowest BCUT2D eigenvalue weighted by atomic mass is 9.67. The number of hydrogen-bond donors (Lipinski definition) is 2. The van der Waals surface area contributed by atoms with Crippen molar-refractivity contribution in [3.8, 4) is 0 Å². The number of piperidine rings is 1. The third-order valence-corrected chi connectivity index (χ3v) is 7.17. The zero-order valence-corrected chi connectivity index (χ0v) is 16.3.